The van der Waals surface area contributed by atoms with E-state index in [1.807, 2.05) is 13.0 Å². The summed E-state index contributed by atoms with van der Waals surface area (Å²) < 4.78 is 0. The van der Waals surface area contributed by atoms with Crippen LogP contribution in [0.2, 0.25) is 0 Å². The Morgan fingerprint density at radius 3 is 2.57 bits per heavy atom. The zero-order chi connectivity index (χ0) is 30.3. The number of rotatable bonds is 7. The molecule has 6 rings (SSSR count). The van der Waals surface area contributed by atoms with Crippen molar-refractivity contribution in [2.75, 3.05) is 0 Å². The van der Waals surface area contributed by atoms with E-state index in [4.69, 9.17) is 4.84 Å². The summed E-state index contributed by atoms with van der Waals surface area (Å²) in [5.74, 6) is 2.75. The molecule has 0 aromatic heterocycles. The van der Waals surface area contributed by atoms with Crippen molar-refractivity contribution in [1.29, 1.82) is 0 Å². The van der Waals surface area contributed by atoms with E-state index in [0.717, 1.165) is 67.4 Å². The fraction of sp³-hybridized carbons (Fsp3) is 0.415. The lowest BCUT2D eigenvalue weighted by atomic mass is 9.82. The molecule has 4 aliphatic rings. The first-order chi connectivity index (χ1) is 21.5. The smallest absolute Gasteiger partial charge is 0.161 e. The van der Waals surface area contributed by atoms with E-state index in [2.05, 4.69) is 84.9 Å². The monoisotopic (exact) mass is 585 g/mol. The summed E-state index contributed by atoms with van der Waals surface area (Å²) in [4.78, 5) is 18.6. The van der Waals surface area contributed by atoms with Gasteiger partial charge in [-0.25, -0.2) is 0 Å². The predicted octanol–water partition coefficient (Wildman–Crippen LogP) is 10.4. The molecule has 228 valence electrons. The Bertz CT molecular complexity index is 1530. The largest absolute Gasteiger partial charge is 0.357 e. The molecule has 1 aliphatic heterocycles. The normalized spacial score (nSPS) is 27.7. The average Bonchev–Trinajstić information content (AvgIpc) is 3.33. The molecule has 0 amide bonds. The van der Waals surface area contributed by atoms with Gasteiger partial charge in [-0.05, 0) is 110 Å². The zero-order valence-electron chi connectivity index (χ0n) is 26.6. The molecule has 44 heavy (non-hydrogen) atoms. The van der Waals surface area contributed by atoms with Crippen LogP contribution in [0.5, 0.6) is 0 Å². The molecule has 0 bridgehead atoms. The number of carbonyl (C=O) groups excluding carboxylic acids is 1. The summed E-state index contributed by atoms with van der Waals surface area (Å²) in [6, 6.07) is 18.0. The lowest BCUT2D eigenvalue weighted by Crippen LogP contribution is -2.14. The molecule has 0 spiro atoms. The zero-order valence-corrected chi connectivity index (χ0v) is 26.6. The number of hydrogen-bond donors (Lipinski definition) is 0. The average molecular weight is 586 g/mol. The van der Waals surface area contributed by atoms with E-state index >= 15 is 0 Å². The maximum Gasteiger partial charge on any atom is 0.161 e. The fourth-order valence-electron chi connectivity index (χ4n) is 7.36. The Balaban J connectivity index is 1.14. The van der Waals surface area contributed by atoms with Crippen molar-refractivity contribution in [3.63, 3.8) is 0 Å². The van der Waals surface area contributed by atoms with Gasteiger partial charge < -0.3 is 4.84 Å². The van der Waals surface area contributed by atoms with Gasteiger partial charge in [0.2, 0.25) is 0 Å². The van der Waals surface area contributed by atoms with Crippen molar-refractivity contribution < 1.29 is 9.63 Å². The lowest BCUT2D eigenvalue weighted by Gasteiger charge is -2.23. The second kappa shape index (κ2) is 14.4. The number of nitrogens with zero attached hydrogens (tertiary/aromatic N) is 1. The molecular formula is C41H47NO2. The molecule has 3 nitrogen and oxygen atoms in total. The van der Waals surface area contributed by atoms with E-state index in [0.29, 0.717) is 6.42 Å². The van der Waals surface area contributed by atoms with Crippen molar-refractivity contribution in [2.24, 2.45) is 17.0 Å². The molecule has 2 aromatic rings. The van der Waals surface area contributed by atoms with Crippen LogP contribution >= 0.6 is 0 Å². The fourth-order valence-corrected chi connectivity index (χ4v) is 7.36. The summed E-state index contributed by atoms with van der Waals surface area (Å²) in [5, 5.41) is 4.23. The van der Waals surface area contributed by atoms with Crippen LogP contribution in [0.3, 0.4) is 0 Å². The van der Waals surface area contributed by atoms with Gasteiger partial charge in [-0.15, -0.1) is 0 Å². The maximum atomic E-state index is 12.9. The minimum atomic E-state index is 0.123. The van der Waals surface area contributed by atoms with Gasteiger partial charge in [-0.1, -0.05) is 110 Å². The highest BCUT2D eigenvalue weighted by Gasteiger charge is 2.25. The molecule has 3 unspecified atom stereocenters. The van der Waals surface area contributed by atoms with Gasteiger partial charge in [-0.3, -0.25) is 4.79 Å². The standard InChI is InChI=1S/C41H47NO2/c1-29-7-5-10-33(20-13-29)34-21-17-32(18-22-34)16-15-31-8-6-11-35-23-24-38(43)28-37(39(35)25-19-31)27-36-9-3-4-12-40(36)41-26-14-30(2)42-44-41/h3-4,8-9,11-12,17-18,21-26,29,33,37H,5-7,10,13-16,19-20,27-28H2,1-2H3/b31-8-,35-11-,39-25-. The number of allylic oxidation sites excluding steroid dienone is 9. The number of oxime groups is 1. The molecule has 1 saturated carbocycles. The van der Waals surface area contributed by atoms with Crippen molar-refractivity contribution in [1.82, 2.24) is 0 Å². The molecule has 3 aliphatic carbocycles. The Morgan fingerprint density at radius 2 is 1.73 bits per heavy atom. The third kappa shape index (κ3) is 7.67. The highest BCUT2D eigenvalue weighted by molar-refractivity contribution is 5.92. The van der Waals surface area contributed by atoms with Crippen molar-refractivity contribution in [3.05, 3.63) is 124 Å². The van der Waals surface area contributed by atoms with Gasteiger partial charge in [0.25, 0.3) is 0 Å². The first-order valence-corrected chi connectivity index (χ1v) is 16.9. The van der Waals surface area contributed by atoms with Crippen LogP contribution in [0.4, 0.5) is 0 Å². The van der Waals surface area contributed by atoms with Crippen LogP contribution in [0.15, 0.2) is 107 Å². The van der Waals surface area contributed by atoms with Crippen LogP contribution in [0.1, 0.15) is 106 Å². The number of aryl methyl sites for hydroxylation is 1. The molecule has 0 N–H and O–H groups in total. The Kier molecular flexibility index (Phi) is 9.90. The lowest BCUT2D eigenvalue weighted by molar-refractivity contribution is -0.115. The number of hydrogen-bond acceptors (Lipinski definition) is 3. The van der Waals surface area contributed by atoms with Crippen molar-refractivity contribution >= 4 is 17.3 Å². The molecule has 3 atom stereocenters. The predicted molar refractivity (Wildman–Crippen MR) is 182 cm³/mol. The van der Waals surface area contributed by atoms with Crippen LogP contribution in [-0.4, -0.2) is 11.5 Å². The van der Waals surface area contributed by atoms with Crippen LogP contribution < -0.4 is 0 Å². The van der Waals surface area contributed by atoms with Gasteiger partial charge in [0.15, 0.2) is 11.5 Å². The molecule has 3 heteroatoms. The summed E-state index contributed by atoms with van der Waals surface area (Å²) in [6.45, 7) is 4.39. The third-order valence-corrected chi connectivity index (χ3v) is 10.1. The summed E-state index contributed by atoms with van der Waals surface area (Å²) >= 11 is 0. The minimum Gasteiger partial charge on any atom is -0.357 e. The van der Waals surface area contributed by atoms with Crippen molar-refractivity contribution in [3.8, 4) is 0 Å². The third-order valence-electron chi connectivity index (χ3n) is 10.1. The summed E-state index contributed by atoms with van der Waals surface area (Å²) in [6.07, 6.45) is 26.0. The van der Waals surface area contributed by atoms with Crippen LogP contribution in [0.25, 0.3) is 5.76 Å². The Labute approximate surface area is 264 Å². The van der Waals surface area contributed by atoms with E-state index in [1.165, 1.54) is 65.5 Å². The Morgan fingerprint density at radius 1 is 0.864 bits per heavy atom. The van der Waals surface area contributed by atoms with Crippen LogP contribution in [0, 0.1) is 11.8 Å². The topological polar surface area (TPSA) is 38.7 Å². The van der Waals surface area contributed by atoms with Gasteiger partial charge in [0.05, 0.1) is 5.71 Å². The number of fused-ring (bicyclic) bond motifs is 1. The highest BCUT2D eigenvalue weighted by Crippen LogP contribution is 2.36. The first kappa shape index (κ1) is 30.3. The summed E-state index contributed by atoms with van der Waals surface area (Å²) in [5.41, 5.74) is 10.2. The quantitative estimate of drug-likeness (QED) is 0.239. The first-order valence-electron chi connectivity index (χ1n) is 16.9. The second-order valence-electron chi connectivity index (χ2n) is 13.4. The second-order valence-corrected chi connectivity index (χ2v) is 13.4. The van der Waals surface area contributed by atoms with Gasteiger partial charge >= 0.3 is 0 Å². The summed E-state index contributed by atoms with van der Waals surface area (Å²) in [7, 11) is 0. The van der Waals surface area contributed by atoms with Gasteiger partial charge in [-0.2, -0.15) is 0 Å². The highest BCUT2D eigenvalue weighted by atomic mass is 16.6. The Hall–Kier alpha value is -3.72. The van der Waals surface area contributed by atoms with Gasteiger partial charge in [0, 0.05) is 18.4 Å². The molecule has 1 fully saturated rings. The molecular weight excluding hydrogens is 538 g/mol. The molecule has 2 aromatic carbocycles. The number of ketones is 1. The van der Waals surface area contributed by atoms with Crippen molar-refractivity contribution in [2.45, 2.75) is 96.8 Å². The number of benzene rings is 2. The molecule has 1 heterocycles. The maximum absolute atomic E-state index is 12.9. The van der Waals surface area contributed by atoms with E-state index in [9.17, 15) is 4.79 Å². The SMILES string of the molecule is CC1=NOC(c2ccccc2CC2CC(=O)C=CC3=C/C/C=C(/CCc4ccc(C5CCCC(C)CC5)cc4)C\C=C\32)=CC1. The van der Waals surface area contributed by atoms with Crippen LogP contribution in [-0.2, 0) is 22.5 Å². The van der Waals surface area contributed by atoms with E-state index in [1.54, 1.807) is 6.08 Å². The molecule has 0 saturated heterocycles. The van der Waals surface area contributed by atoms with E-state index in [-0.39, 0.29) is 11.7 Å². The van der Waals surface area contributed by atoms with Gasteiger partial charge in [0.1, 0.15) is 0 Å². The number of carbonyl (C=O) groups is 1. The minimum absolute atomic E-state index is 0.123. The molecule has 0 radical (unpaired) electrons. The van der Waals surface area contributed by atoms with E-state index < -0.39 is 0 Å².